The monoisotopic (exact) mass is 404 g/mol. The second-order valence-electron chi connectivity index (χ2n) is 5.45. The molecule has 0 fully saturated rings. The maximum atomic E-state index is 12.5. The minimum atomic E-state index is -0.565. The maximum Gasteiger partial charge on any atom is 0.223 e. The molecule has 0 radical (unpaired) electrons. The molecule has 22 heavy (non-hydrogen) atoms. The van der Waals surface area contributed by atoms with Gasteiger partial charge in [0.05, 0.1) is 6.04 Å². The minimum Gasteiger partial charge on any atom is -0.336 e. The Morgan fingerprint density at radius 1 is 1.23 bits per heavy atom. The predicted molar refractivity (Wildman–Crippen MR) is 96.2 cm³/mol. The molecular formula is C14H20Cl4N2OS. The molecular weight excluding hydrogens is 386 g/mol. The second-order valence-corrected chi connectivity index (χ2v) is 8.71. The van der Waals surface area contributed by atoms with Crippen LogP contribution in [-0.4, -0.2) is 32.5 Å². The van der Waals surface area contributed by atoms with Gasteiger partial charge in [-0.15, -0.1) is 57.7 Å². The molecule has 8 heteroatoms. The van der Waals surface area contributed by atoms with Crippen molar-refractivity contribution in [2.45, 2.75) is 42.4 Å². The SMILES string of the molecule is CC(CC(=O)N(C)C(CC(C)C(Cl)Cl)c1nccs1)C(Cl)Cl. The van der Waals surface area contributed by atoms with Crippen molar-refractivity contribution in [3.05, 3.63) is 16.6 Å². The van der Waals surface area contributed by atoms with Crippen LogP contribution < -0.4 is 0 Å². The van der Waals surface area contributed by atoms with Gasteiger partial charge in [0.15, 0.2) is 0 Å². The topological polar surface area (TPSA) is 33.2 Å². The quantitative estimate of drug-likeness (QED) is 0.549. The molecule has 1 heterocycles. The van der Waals surface area contributed by atoms with Gasteiger partial charge in [-0.25, -0.2) is 4.98 Å². The fraction of sp³-hybridized carbons (Fsp3) is 0.714. The van der Waals surface area contributed by atoms with E-state index in [1.54, 1.807) is 18.1 Å². The van der Waals surface area contributed by atoms with Crippen LogP contribution in [0.3, 0.4) is 0 Å². The van der Waals surface area contributed by atoms with Crippen LogP contribution in [0.4, 0.5) is 0 Å². The van der Waals surface area contributed by atoms with Crippen LogP contribution in [0.2, 0.25) is 0 Å². The lowest BCUT2D eigenvalue weighted by molar-refractivity contribution is -0.133. The lowest BCUT2D eigenvalue weighted by Crippen LogP contribution is -2.34. The molecule has 1 rings (SSSR count). The van der Waals surface area contributed by atoms with Gasteiger partial charge >= 0.3 is 0 Å². The summed E-state index contributed by atoms with van der Waals surface area (Å²) in [5.74, 6) is -0.0907. The van der Waals surface area contributed by atoms with Gasteiger partial charge in [-0.3, -0.25) is 4.79 Å². The molecule has 0 bridgehead atoms. The zero-order valence-corrected chi connectivity index (χ0v) is 16.5. The zero-order valence-electron chi connectivity index (χ0n) is 12.7. The molecule has 0 N–H and O–H groups in total. The summed E-state index contributed by atoms with van der Waals surface area (Å²) >= 11 is 25.1. The van der Waals surface area contributed by atoms with Crippen molar-refractivity contribution in [3.63, 3.8) is 0 Å². The number of halogens is 4. The minimum absolute atomic E-state index is 0.0214. The fourth-order valence-corrected chi connectivity index (χ4v) is 3.14. The van der Waals surface area contributed by atoms with Crippen LogP contribution in [0.15, 0.2) is 11.6 Å². The Labute approximate surface area is 155 Å². The molecule has 0 aromatic carbocycles. The normalized spacial score (nSPS) is 15.9. The molecule has 3 atom stereocenters. The predicted octanol–water partition coefficient (Wildman–Crippen LogP) is 5.30. The van der Waals surface area contributed by atoms with E-state index in [1.165, 1.54) is 11.3 Å². The van der Waals surface area contributed by atoms with E-state index in [9.17, 15) is 4.79 Å². The van der Waals surface area contributed by atoms with Gasteiger partial charge in [0, 0.05) is 25.0 Å². The summed E-state index contributed by atoms with van der Waals surface area (Å²) in [5.41, 5.74) is 0. The van der Waals surface area contributed by atoms with Gasteiger partial charge < -0.3 is 4.90 Å². The molecule has 0 aliphatic rings. The van der Waals surface area contributed by atoms with E-state index in [-0.39, 0.29) is 30.2 Å². The van der Waals surface area contributed by atoms with E-state index in [2.05, 4.69) is 4.98 Å². The van der Waals surface area contributed by atoms with E-state index in [0.717, 1.165) is 5.01 Å². The number of carbonyl (C=O) groups is 1. The van der Waals surface area contributed by atoms with Crippen LogP contribution >= 0.6 is 57.7 Å². The summed E-state index contributed by atoms with van der Waals surface area (Å²) in [6, 6.07) is -0.154. The van der Waals surface area contributed by atoms with E-state index in [1.807, 2.05) is 19.2 Å². The van der Waals surface area contributed by atoms with Crippen molar-refractivity contribution in [1.82, 2.24) is 9.88 Å². The first kappa shape index (κ1) is 20.3. The summed E-state index contributed by atoms with van der Waals surface area (Å²) in [6.45, 7) is 3.81. The van der Waals surface area contributed by atoms with E-state index >= 15 is 0 Å². The van der Waals surface area contributed by atoms with Crippen LogP contribution in [0.5, 0.6) is 0 Å². The van der Waals surface area contributed by atoms with Crippen molar-refractivity contribution in [3.8, 4) is 0 Å². The first-order valence-electron chi connectivity index (χ1n) is 6.95. The second kappa shape index (κ2) is 9.53. The Balaban J connectivity index is 2.84. The largest absolute Gasteiger partial charge is 0.336 e. The average molecular weight is 406 g/mol. The van der Waals surface area contributed by atoms with Gasteiger partial charge in [0.1, 0.15) is 14.7 Å². The van der Waals surface area contributed by atoms with Gasteiger partial charge in [-0.05, 0) is 18.3 Å². The molecule has 3 nitrogen and oxygen atoms in total. The van der Waals surface area contributed by atoms with Crippen LogP contribution in [-0.2, 0) is 4.79 Å². The highest BCUT2D eigenvalue weighted by atomic mass is 35.5. The molecule has 126 valence electrons. The molecule has 0 aliphatic carbocycles. The third-order valence-corrected chi connectivity index (χ3v) is 6.15. The number of amides is 1. The number of carbonyl (C=O) groups excluding carboxylic acids is 1. The summed E-state index contributed by atoms with van der Waals surface area (Å²) in [4.78, 5) is 17.4. The molecule has 0 saturated heterocycles. The Morgan fingerprint density at radius 2 is 1.82 bits per heavy atom. The van der Waals surface area contributed by atoms with E-state index < -0.39 is 9.67 Å². The van der Waals surface area contributed by atoms with Crippen molar-refractivity contribution in [2.24, 2.45) is 11.8 Å². The highest BCUT2D eigenvalue weighted by Gasteiger charge is 2.29. The van der Waals surface area contributed by atoms with Gasteiger partial charge in [-0.2, -0.15) is 0 Å². The van der Waals surface area contributed by atoms with Crippen molar-refractivity contribution < 1.29 is 4.79 Å². The lowest BCUT2D eigenvalue weighted by Gasteiger charge is -2.30. The average Bonchev–Trinajstić information content (AvgIpc) is 2.97. The van der Waals surface area contributed by atoms with Gasteiger partial charge in [-0.1, -0.05) is 13.8 Å². The molecule has 0 aliphatic heterocycles. The van der Waals surface area contributed by atoms with E-state index in [4.69, 9.17) is 46.4 Å². The number of hydrogen-bond acceptors (Lipinski definition) is 3. The summed E-state index contributed by atoms with van der Waals surface area (Å²) in [7, 11) is 1.77. The first-order valence-corrected chi connectivity index (χ1v) is 9.57. The van der Waals surface area contributed by atoms with Crippen LogP contribution in [0, 0.1) is 11.8 Å². The van der Waals surface area contributed by atoms with Crippen LogP contribution in [0.1, 0.15) is 37.7 Å². The van der Waals surface area contributed by atoms with E-state index in [0.29, 0.717) is 6.42 Å². The standard InChI is InChI=1S/C14H20Cl4N2OS/c1-8(12(15)16)6-10(14-19-4-5-22-14)20(3)11(21)7-9(2)13(17)18/h4-5,8-10,12-13H,6-7H2,1-3H3. The third-order valence-electron chi connectivity index (χ3n) is 3.55. The lowest BCUT2D eigenvalue weighted by atomic mass is 10.0. The number of alkyl halides is 4. The first-order chi connectivity index (χ1) is 10.2. The van der Waals surface area contributed by atoms with Crippen molar-refractivity contribution >= 4 is 63.6 Å². The van der Waals surface area contributed by atoms with Crippen molar-refractivity contribution in [2.75, 3.05) is 7.05 Å². The fourth-order valence-electron chi connectivity index (χ4n) is 1.96. The Kier molecular flexibility index (Phi) is 8.80. The van der Waals surface area contributed by atoms with Gasteiger partial charge in [0.25, 0.3) is 0 Å². The maximum absolute atomic E-state index is 12.5. The molecule has 3 unspecified atom stereocenters. The summed E-state index contributed by atoms with van der Waals surface area (Å²) < 4.78 is 0. The Hall–Kier alpha value is 0.260. The highest BCUT2D eigenvalue weighted by Crippen LogP contribution is 2.33. The molecule has 1 amide bonds. The van der Waals surface area contributed by atoms with Crippen molar-refractivity contribution in [1.29, 1.82) is 0 Å². The molecule has 0 spiro atoms. The summed E-state index contributed by atoms with van der Waals surface area (Å²) in [5, 5.41) is 2.76. The highest BCUT2D eigenvalue weighted by molar-refractivity contribution is 7.09. The third kappa shape index (κ3) is 6.04. The number of thiazole rings is 1. The molecule has 0 saturated carbocycles. The number of hydrogen-bond donors (Lipinski definition) is 0. The molecule has 1 aromatic heterocycles. The summed E-state index contributed by atoms with van der Waals surface area (Å²) in [6.07, 6.45) is 2.66. The Bertz CT molecular complexity index is 456. The zero-order chi connectivity index (χ0) is 16.9. The Morgan fingerprint density at radius 3 is 2.27 bits per heavy atom. The smallest absolute Gasteiger partial charge is 0.223 e. The van der Waals surface area contributed by atoms with Crippen LogP contribution in [0.25, 0.3) is 0 Å². The molecule has 1 aromatic rings. The van der Waals surface area contributed by atoms with Gasteiger partial charge in [0.2, 0.25) is 5.91 Å². The number of rotatable bonds is 8. The number of nitrogens with zero attached hydrogens (tertiary/aromatic N) is 2. The number of aromatic nitrogens is 1.